The predicted octanol–water partition coefficient (Wildman–Crippen LogP) is 6.47. The first-order valence-corrected chi connectivity index (χ1v) is 11.5. The molecule has 0 amide bonds. The summed E-state index contributed by atoms with van der Waals surface area (Å²) in [6, 6.07) is 15.4. The van der Waals surface area contributed by atoms with Crippen molar-refractivity contribution in [1.29, 1.82) is 0 Å². The summed E-state index contributed by atoms with van der Waals surface area (Å²) in [6.45, 7) is 4.10. The van der Waals surface area contributed by atoms with Crippen molar-refractivity contribution in [2.45, 2.75) is 39.3 Å². The first-order valence-electron chi connectivity index (χ1n) is 11.5. The van der Waals surface area contributed by atoms with Gasteiger partial charge in [-0.2, -0.15) is 0 Å². The molecule has 3 aromatic rings. The fourth-order valence-electron chi connectivity index (χ4n) is 4.83. The molecule has 0 aromatic heterocycles. The monoisotopic (exact) mass is 476 g/mol. The van der Waals surface area contributed by atoms with Crippen molar-refractivity contribution in [2.24, 2.45) is 5.41 Å². The number of carbonyl (C=O) groups excluding carboxylic acids is 1. The number of hydrogen-bond donors (Lipinski definition) is 3. The lowest BCUT2D eigenvalue weighted by Crippen LogP contribution is -2.32. The zero-order valence-electron chi connectivity index (χ0n) is 19.5. The number of phenols is 1. The molecule has 1 atom stereocenters. The first kappa shape index (κ1) is 22.9. The van der Waals surface area contributed by atoms with Crippen molar-refractivity contribution in [3.05, 3.63) is 94.7 Å². The number of ether oxygens (including phenoxy) is 1. The maximum absolute atomic E-state index is 15.5. The highest BCUT2D eigenvalue weighted by Gasteiger charge is 2.40. The molecule has 0 saturated carbocycles. The lowest BCUT2D eigenvalue weighted by atomic mass is 9.73. The number of hydrogen-bond acceptors (Lipinski definition) is 5. The van der Waals surface area contributed by atoms with Crippen LogP contribution in [-0.2, 0) is 11.4 Å². The molecule has 0 fully saturated rings. The number of Topliss-reactive ketones (excluding diaryl/α,β-unsaturated/α-hetero) is 1. The molecule has 7 heteroatoms. The third-order valence-corrected chi connectivity index (χ3v) is 6.42. The lowest BCUT2D eigenvalue weighted by molar-refractivity contribution is -0.118. The molecular weight excluding hydrogens is 450 g/mol. The summed E-state index contributed by atoms with van der Waals surface area (Å²) in [5.74, 6) is -1.80. The van der Waals surface area contributed by atoms with Crippen molar-refractivity contribution < 1.29 is 23.4 Å². The summed E-state index contributed by atoms with van der Waals surface area (Å²) in [4.78, 5) is 13.3. The fraction of sp³-hybridized carbons (Fsp3) is 0.250. The number of para-hydroxylation sites is 1. The standard InChI is InChI=1S/C28H26F2N2O3/c1-28(2)13-21-25(23(34)14-28)27(31-20-9-6-10-22(33)26(20)32-21)24-18(29)11-17(12-19(24)30)35-15-16-7-4-3-5-8-16/h3-12,27,31-33H,13-15H2,1-2H3. The highest BCUT2D eigenvalue weighted by molar-refractivity contribution is 6.01. The van der Waals surface area contributed by atoms with Crippen LogP contribution < -0.4 is 15.4 Å². The van der Waals surface area contributed by atoms with Crippen LogP contribution in [0.25, 0.3) is 0 Å². The number of rotatable bonds is 4. The van der Waals surface area contributed by atoms with Gasteiger partial charge in [0.15, 0.2) is 5.78 Å². The van der Waals surface area contributed by atoms with Gasteiger partial charge in [-0.15, -0.1) is 0 Å². The van der Waals surface area contributed by atoms with Gasteiger partial charge in [0.2, 0.25) is 0 Å². The zero-order valence-corrected chi connectivity index (χ0v) is 19.5. The summed E-state index contributed by atoms with van der Waals surface area (Å²) < 4.78 is 36.6. The molecule has 1 heterocycles. The summed E-state index contributed by atoms with van der Waals surface area (Å²) in [5, 5.41) is 16.7. The number of allylic oxidation sites excluding steroid dienone is 1. The lowest BCUT2D eigenvalue weighted by Gasteiger charge is -2.34. The molecule has 3 aromatic carbocycles. The smallest absolute Gasteiger partial charge is 0.163 e. The quantitative estimate of drug-likeness (QED) is 0.377. The van der Waals surface area contributed by atoms with Gasteiger partial charge in [0.25, 0.3) is 0 Å². The molecule has 0 saturated heterocycles. The largest absolute Gasteiger partial charge is 0.506 e. The second kappa shape index (κ2) is 8.73. The van der Waals surface area contributed by atoms with E-state index in [4.69, 9.17) is 4.74 Å². The third kappa shape index (κ3) is 4.46. The molecule has 1 aliphatic carbocycles. The summed E-state index contributed by atoms with van der Waals surface area (Å²) >= 11 is 0. The normalized spacial score (nSPS) is 18.6. The second-order valence-corrected chi connectivity index (χ2v) is 9.81. The molecule has 3 N–H and O–H groups in total. The fourth-order valence-corrected chi connectivity index (χ4v) is 4.83. The zero-order chi connectivity index (χ0) is 24.7. The number of anilines is 2. The van der Waals surface area contributed by atoms with E-state index in [1.165, 1.54) is 6.07 Å². The first-order chi connectivity index (χ1) is 16.7. The van der Waals surface area contributed by atoms with Gasteiger partial charge in [0.1, 0.15) is 35.4 Å². The Balaban J connectivity index is 1.57. The maximum atomic E-state index is 15.5. The number of phenolic OH excluding ortho intramolecular Hbond substituents is 1. The van der Waals surface area contributed by atoms with E-state index >= 15 is 8.78 Å². The number of carbonyl (C=O) groups is 1. The molecule has 1 aliphatic heterocycles. The van der Waals surface area contributed by atoms with Gasteiger partial charge >= 0.3 is 0 Å². The minimum Gasteiger partial charge on any atom is -0.506 e. The number of benzene rings is 3. The number of ketones is 1. The van der Waals surface area contributed by atoms with Crippen molar-refractivity contribution in [3.63, 3.8) is 0 Å². The molecule has 2 aliphatic rings. The van der Waals surface area contributed by atoms with E-state index in [-0.39, 0.29) is 46.9 Å². The topological polar surface area (TPSA) is 70.6 Å². The molecular formula is C28H26F2N2O3. The van der Waals surface area contributed by atoms with Crippen molar-refractivity contribution in [2.75, 3.05) is 10.6 Å². The van der Waals surface area contributed by atoms with Crippen LogP contribution >= 0.6 is 0 Å². The minimum atomic E-state index is -1.08. The van der Waals surface area contributed by atoms with Crippen molar-refractivity contribution in [3.8, 4) is 11.5 Å². The molecule has 0 spiro atoms. The highest BCUT2D eigenvalue weighted by Crippen LogP contribution is 2.48. The van der Waals surface area contributed by atoms with Gasteiger partial charge in [-0.05, 0) is 29.5 Å². The van der Waals surface area contributed by atoms with E-state index in [2.05, 4.69) is 10.6 Å². The predicted molar refractivity (Wildman–Crippen MR) is 130 cm³/mol. The van der Waals surface area contributed by atoms with Gasteiger partial charge < -0.3 is 20.5 Å². The average Bonchev–Trinajstić information content (AvgIpc) is 2.95. The van der Waals surface area contributed by atoms with E-state index in [9.17, 15) is 9.90 Å². The Morgan fingerprint density at radius 1 is 1.03 bits per heavy atom. The molecule has 1 unspecified atom stereocenters. The van der Waals surface area contributed by atoms with Crippen LogP contribution in [0.2, 0.25) is 0 Å². The van der Waals surface area contributed by atoms with Crippen LogP contribution in [0.5, 0.6) is 11.5 Å². The maximum Gasteiger partial charge on any atom is 0.163 e. The molecule has 5 rings (SSSR count). The van der Waals surface area contributed by atoms with E-state index in [1.807, 2.05) is 44.2 Å². The second-order valence-electron chi connectivity index (χ2n) is 9.81. The Labute approximate surface area is 202 Å². The number of fused-ring (bicyclic) bond motifs is 1. The summed E-state index contributed by atoms with van der Waals surface area (Å²) in [5.41, 5.74) is 1.90. The third-order valence-electron chi connectivity index (χ3n) is 6.42. The molecule has 5 nitrogen and oxygen atoms in total. The van der Waals surface area contributed by atoms with Crippen molar-refractivity contribution >= 4 is 17.2 Å². The molecule has 0 radical (unpaired) electrons. The number of nitrogens with one attached hydrogen (secondary N) is 2. The average molecular weight is 477 g/mol. The Morgan fingerprint density at radius 3 is 2.46 bits per heavy atom. The van der Waals surface area contributed by atoms with E-state index in [1.54, 1.807) is 12.1 Å². The van der Waals surface area contributed by atoms with Crippen LogP contribution in [0, 0.1) is 17.0 Å². The van der Waals surface area contributed by atoms with Crippen LogP contribution in [0.3, 0.4) is 0 Å². The highest BCUT2D eigenvalue weighted by atomic mass is 19.1. The molecule has 35 heavy (non-hydrogen) atoms. The van der Waals surface area contributed by atoms with Crippen LogP contribution in [0.15, 0.2) is 71.9 Å². The van der Waals surface area contributed by atoms with Crippen molar-refractivity contribution in [1.82, 2.24) is 0 Å². The van der Waals surface area contributed by atoms with E-state index in [0.29, 0.717) is 23.5 Å². The van der Waals surface area contributed by atoms with E-state index < -0.39 is 17.7 Å². The van der Waals surface area contributed by atoms with Gasteiger partial charge in [-0.25, -0.2) is 8.78 Å². The van der Waals surface area contributed by atoms with Gasteiger partial charge in [-0.3, -0.25) is 4.79 Å². The Bertz CT molecular complexity index is 1310. The van der Waals surface area contributed by atoms with Crippen LogP contribution in [0.1, 0.15) is 43.9 Å². The Kier molecular flexibility index (Phi) is 5.71. The van der Waals surface area contributed by atoms with E-state index in [0.717, 1.165) is 17.7 Å². The van der Waals surface area contributed by atoms with Gasteiger partial charge in [-0.1, -0.05) is 50.2 Å². The van der Waals surface area contributed by atoms with Crippen LogP contribution in [0.4, 0.5) is 20.2 Å². The minimum absolute atomic E-state index is 0.0241. The van der Waals surface area contributed by atoms with Gasteiger partial charge in [0.05, 0.1) is 17.3 Å². The number of aromatic hydroxyl groups is 1. The SMILES string of the molecule is CC1(C)CC(=O)C2=C(C1)Nc1c(O)cccc1NC2c1c(F)cc(OCc2ccccc2)cc1F. The molecule has 0 bridgehead atoms. The van der Waals surface area contributed by atoms with Crippen LogP contribution in [-0.4, -0.2) is 10.9 Å². The molecule has 180 valence electrons. The number of halogens is 2. The Morgan fingerprint density at radius 2 is 1.74 bits per heavy atom. The summed E-state index contributed by atoms with van der Waals surface area (Å²) in [7, 11) is 0. The Hall–Kier alpha value is -3.87. The summed E-state index contributed by atoms with van der Waals surface area (Å²) in [6.07, 6.45) is 0.733. The van der Waals surface area contributed by atoms with Gasteiger partial charge in [0, 0.05) is 29.8 Å².